The first-order valence-electron chi connectivity index (χ1n) is 8.95. The van der Waals surface area contributed by atoms with Gasteiger partial charge < -0.3 is 5.11 Å². The quantitative estimate of drug-likeness (QED) is 0.385. The van der Waals surface area contributed by atoms with Gasteiger partial charge in [-0.25, -0.2) is 0 Å². The Balaban J connectivity index is 1.69. The molecular formula is C23H17N3O2S. The molecule has 1 amide bonds. The third kappa shape index (κ3) is 4.44. The summed E-state index contributed by atoms with van der Waals surface area (Å²) in [5.74, 6) is -0.0492. The molecule has 0 spiro atoms. The molecule has 4 rings (SSSR count). The number of rotatable bonds is 4. The Bertz CT molecular complexity index is 1090. The number of carbonyl (C=O) groups excluding carboxylic acids is 1. The van der Waals surface area contributed by atoms with Crippen molar-refractivity contribution in [1.82, 2.24) is 0 Å². The van der Waals surface area contributed by atoms with Crippen LogP contribution in [0.25, 0.3) is 6.08 Å². The Labute approximate surface area is 172 Å². The molecule has 1 heterocycles. The minimum Gasteiger partial charge on any atom is -0.508 e. The molecule has 1 saturated heterocycles. The maximum atomic E-state index is 13.1. The largest absolute Gasteiger partial charge is 0.508 e. The van der Waals surface area contributed by atoms with Crippen LogP contribution in [-0.4, -0.2) is 22.4 Å². The summed E-state index contributed by atoms with van der Waals surface area (Å²) in [6.45, 7) is 0. The van der Waals surface area contributed by atoms with Crippen LogP contribution in [0.3, 0.4) is 0 Å². The molecule has 0 aliphatic carbocycles. The number of amidine groups is 1. The summed E-state index contributed by atoms with van der Waals surface area (Å²) in [5, 5.41) is 18.5. The molecule has 3 aromatic rings. The maximum absolute atomic E-state index is 13.1. The zero-order valence-electron chi connectivity index (χ0n) is 15.3. The van der Waals surface area contributed by atoms with Crippen molar-refractivity contribution in [2.45, 2.75) is 0 Å². The molecule has 0 atom stereocenters. The smallest absolute Gasteiger partial charge is 0.271 e. The third-order valence-corrected chi connectivity index (χ3v) is 5.12. The molecule has 1 N–H and O–H groups in total. The number of hydrogen-bond acceptors (Lipinski definition) is 5. The van der Waals surface area contributed by atoms with Gasteiger partial charge in [0.2, 0.25) is 5.17 Å². The van der Waals surface area contributed by atoms with Crippen molar-refractivity contribution in [2.75, 3.05) is 4.90 Å². The molecule has 3 aromatic carbocycles. The number of hydrogen-bond donors (Lipinski definition) is 1. The summed E-state index contributed by atoms with van der Waals surface area (Å²) in [6, 6.07) is 25.7. The van der Waals surface area contributed by atoms with Crippen LogP contribution in [0.1, 0.15) is 11.1 Å². The van der Waals surface area contributed by atoms with Gasteiger partial charge in [-0.1, -0.05) is 60.7 Å². The molecular weight excluding hydrogens is 382 g/mol. The van der Waals surface area contributed by atoms with Gasteiger partial charge in [0.25, 0.3) is 5.91 Å². The molecule has 142 valence electrons. The lowest BCUT2D eigenvalue weighted by Gasteiger charge is -2.14. The minimum atomic E-state index is -0.182. The van der Waals surface area contributed by atoms with E-state index in [0.29, 0.717) is 15.8 Å². The molecule has 6 heteroatoms. The number of anilines is 1. The molecule has 1 aliphatic rings. The summed E-state index contributed by atoms with van der Waals surface area (Å²) >= 11 is 1.27. The van der Waals surface area contributed by atoms with E-state index in [1.165, 1.54) is 28.8 Å². The van der Waals surface area contributed by atoms with Crippen LogP contribution in [0.2, 0.25) is 0 Å². The first-order valence-corrected chi connectivity index (χ1v) is 9.76. The number of phenolic OH excluding ortho intramolecular Hbond substituents is 1. The highest BCUT2D eigenvalue weighted by molar-refractivity contribution is 8.19. The van der Waals surface area contributed by atoms with Crippen LogP contribution in [-0.2, 0) is 4.79 Å². The Morgan fingerprint density at radius 1 is 0.828 bits per heavy atom. The fourth-order valence-corrected chi connectivity index (χ4v) is 3.69. The van der Waals surface area contributed by atoms with Gasteiger partial charge in [-0.3, -0.25) is 9.69 Å². The van der Waals surface area contributed by atoms with Crippen LogP contribution in [0.15, 0.2) is 100 Å². The van der Waals surface area contributed by atoms with Crippen molar-refractivity contribution in [1.29, 1.82) is 0 Å². The van der Waals surface area contributed by atoms with E-state index in [9.17, 15) is 9.90 Å². The van der Waals surface area contributed by atoms with Gasteiger partial charge in [0, 0.05) is 0 Å². The first kappa shape index (κ1) is 18.7. The van der Waals surface area contributed by atoms with Gasteiger partial charge in [-0.05, 0) is 53.2 Å². The zero-order valence-corrected chi connectivity index (χ0v) is 16.2. The fourth-order valence-electron chi connectivity index (χ4n) is 2.76. The number of carbonyl (C=O) groups is 1. The lowest BCUT2D eigenvalue weighted by molar-refractivity contribution is -0.113. The monoisotopic (exact) mass is 399 g/mol. The molecule has 1 aliphatic heterocycles. The maximum Gasteiger partial charge on any atom is 0.271 e. The molecule has 0 saturated carbocycles. The van der Waals surface area contributed by atoms with Gasteiger partial charge >= 0.3 is 0 Å². The van der Waals surface area contributed by atoms with E-state index in [2.05, 4.69) is 10.2 Å². The second-order valence-corrected chi connectivity index (χ2v) is 7.23. The van der Waals surface area contributed by atoms with Crippen molar-refractivity contribution >= 4 is 40.8 Å². The molecule has 1 fully saturated rings. The van der Waals surface area contributed by atoms with E-state index < -0.39 is 0 Å². The molecule has 5 nitrogen and oxygen atoms in total. The van der Waals surface area contributed by atoms with Crippen molar-refractivity contribution in [2.24, 2.45) is 10.2 Å². The van der Waals surface area contributed by atoms with Crippen molar-refractivity contribution in [3.63, 3.8) is 0 Å². The zero-order chi connectivity index (χ0) is 20.1. The average molecular weight is 399 g/mol. The Morgan fingerprint density at radius 2 is 1.45 bits per heavy atom. The minimum absolute atomic E-state index is 0.133. The fraction of sp³-hybridized carbons (Fsp3) is 0. The SMILES string of the molecule is O=C1C(=Cc2ccccc2)SC(=NN=Cc2ccccc2)N1c1ccc(O)cc1. The molecule has 0 unspecified atom stereocenters. The topological polar surface area (TPSA) is 65.3 Å². The Hall–Kier alpha value is -3.64. The Morgan fingerprint density at radius 3 is 2.10 bits per heavy atom. The molecule has 0 bridgehead atoms. The van der Waals surface area contributed by atoms with Gasteiger partial charge in [-0.15, -0.1) is 5.10 Å². The van der Waals surface area contributed by atoms with Crippen molar-refractivity contribution < 1.29 is 9.90 Å². The number of benzene rings is 3. The Kier molecular flexibility index (Phi) is 5.54. The lowest BCUT2D eigenvalue weighted by Crippen LogP contribution is -2.28. The molecule has 29 heavy (non-hydrogen) atoms. The standard InChI is InChI=1S/C23H17N3O2S/c27-20-13-11-19(12-14-20)26-22(28)21(15-17-7-3-1-4-8-17)29-23(26)25-24-16-18-9-5-2-6-10-18/h1-16,27H. The second kappa shape index (κ2) is 8.58. The van der Waals surface area contributed by atoms with Crippen LogP contribution in [0, 0.1) is 0 Å². The summed E-state index contributed by atoms with van der Waals surface area (Å²) < 4.78 is 0. The van der Waals surface area contributed by atoms with E-state index in [-0.39, 0.29) is 11.7 Å². The molecule has 0 aromatic heterocycles. The second-order valence-electron chi connectivity index (χ2n) is 6.22. The highest BCUT2D eigenvalue weighted by atomic mass is 32.2. The van der Waals surface area contributed by atoms with Gasteiger partial charge in [-0.2, -0.15) is 5.10 Å². The number of aromatic hydroxyl groups is 1. The van der Waals surface area contributed by atoms with Crippen LogP contribution in [0.5, 0.6) is 5.75 Å². The summed E-state index contributed by atoms with van der Waals surface area (Å²) in [6.07, 6.45) is 3.48. The van der Waals surface area contributed by atoms with E-state index in [1.807, 2.05) is 66.7 Å². The third-order valence-electron chi connectivity index (χ3n) is 4.16. The van der Waals surface area contributed by atoms with Crippen molar-refractivity contribution in [3.8, 4) is 5.75 Å². The lowest BCUT2D eigenvalue weighted by atomic mass is 10.2. The number of amides is 1. The van der Waals surface area contributed by atoms with Crippen LogP contribution >= 0.6 is 11.8 Å². The van der Waals surface area contributed by atoms with Crippen LogP contribution in [0.4, 0.5) is 5.69 Å². The van der Waals surface area contributed by atoms with Gasteiger partial charge in [0.15, 0.2) is 0 Å². The highest BCUT2D eigenvalue weighted by Gasteiger charge is 2.34. The highest BCUT2D eigenvalue weighted by Crippen LogP contribution is 2.36. The number of thioether (sulfide) groups is 1. The van der Waals surface area contributed by atoms with E-state index in [1.54, 1.807) is 18.3 Å². The van der Waals surface area contributed by atoms with E-state index in [4.69, 9.17) is 0 Å². The van der Waals surface area contributed by atoms with E-state index in [0.717, 1.165) is 11.1 Å². The molecule has 0 radical (unpaired) electrons. The summed E-state index contributed by atoms with van der Waals surface area (Å²) in [5.41, 5.74) is 2.47. The predicted octanol–water partition coefficient (Wildman–Crippen LogP) is 4.90. The van der Waals surface area contributed by atoms with Crippen LogP contribution < -0.4 is 4.90 Å². The normalized spacial score (nSPS) is 17.0. The van der Waals surface area contributed by atoms with Gasteiger partial charge in [0.05, 0.1) is 16.8 Å². The summed E-state index contributed by atoms with van der Waals surface area (Å²) in [7, 11) is 0. The first-order chi connectivity index (χ1) is 14.2. The number of phenols is 1. The summed E-state index contributed by atoms with van der Waals surface area (Å²) in [4.78, 5) is 15.1. The van der Waals surface area contributed by atoms with E-state index >= 15 is 0 Å². The predicted molar refractivity (Wildman–Crippen MR) is 119 cm³/mol. The number of nitrogens with zero attached hydrogens (tertiary/aromatic N) is 3. The average Bonchev–Trinajstić information content (AvgIpc) is 3.05. The van der Waals surface area contributed by atoms with Gasteiger partial charge in [0.1, 0.15) is 5.75 Å². The van der Waals surface area contributed by atoms with Crippen molar-refractivity contribution in [3.05, 3.63) is 101 Å².